The molecule has 0 bridgehead atoms. The molecule has 102 valence electrons. The van der Waals surface area contributed by atoms with Crippen molar-refractivity contribution in [3.05, 3.63) is 30.1 Å². The van der Waals surface area contributed by atoms with Crippen molar-refractivity contribution in [3.8, 4) is 0 Å². The highest BCUT2D eigenvalue weighted by Crippen LogP contribution is 2.16. The van der Waals surface area contributed by atoms with E-state index in [1.54, 1.807) is 0 Å². The van der Waals surface area contributed by atoms with Gasteiger partial charge in [-0.1, -0.05) is 26.7 Å². The molecule has 1 aromatic heterocycles. The van der Waals surface area contributed by atoms with Gasteiger partial charge >= 0.3 is 0 Å². The Morgan fingerprint density at radius 1 is 1.17 bits per heavy atom. The molecule has 1 unspecified atom stereocenters. The van der Waals surface area contributed by atoms with Gasteiger partial charge in [0.15, 0.2) is 0 Å². The van der Waals surface area contributed by atoms with Crippen LogP contribution >= 0.6 is 0 Å². The number of hydrogen-bond donors (Lipinski definition) is 1. The fraction of sp³-hybridized carbons (Fsp3) is 0.667. The molecule has 1 rings (SSSR count). The molecule has 3 heteroatoms. The lowest BCUT2D eigenvalue weighted by molar-refractivity contribution is 0.194. The number of nitrogens with one attached hydrogen (secondary N) is 1. The standard InChI is InChI=1S/C15H27N3/c1-5-14(6-2)15(18(3)4)12-17-11-13-7-9-16-10-8-13/h7-10,14-15,17H,5-6,11-12H2,1-4H3. The van der Waals surface area contributed by atoms with Crippen LogP contribution in [0.1, 0.15) is 32.3 Å². The minimum atomic E-state index is 0.613. The number of aromatic nitrogens is 1. The summed E-state index contributed by atoms with van der Waals surface area (Å²) in [5.41, 5.74) is 1.30. The van der Waals surface area contributed by atoms with E-state index >= 15 is 0 Å². The third-order valence-corrected chi connectivity index (χ3v) is 3.69. The van der Waals surface area contributed by atoms with Gasteiger partial charge in [-0.05, 0) is 37.7 Å². The molecule has 18 heavy (non-hydrogen) atoms. The molecule has 0 aromatic carbocycles. The molecule has 0 amide bonds. The van der Waals surface area contributed by atoms with Gasteiger partial charge in [-0.25, -0.2) is 0 Å². The molecule has 0 spiro atoms. The van der Waals surface area contributed by atoms with Gasteiger partial charge in [0, 0.05) is 31.5 Å². The molecule has 1 heterocycles. The van der Waals surface area contributed by atoms with Gasteiger partial charge in [-0.3, -0.25) is 4.98 Å². The van der Waals surface area contributed by atoms with Crippen molar-refractivity contribution in [1.82, 2.24) is 15.2 Å². The Bertz CT molecular complexity index is 307. The summed E-state index contributed by atoms with van der Waals surface area (Å²) in [5, 5.41) is 3.56. The molecule has 0 radical (unpaired) electrons. The summed E-state index contributed by atoms with van der Waals surface area (Å²) < 4.78 is 0. The second-order valence-corrected chi connectivity index (χ2v) is 5.09. The first kappa shape index (κ1) is 15.1. The SMILES string of the molecule is CCC(CC)C(CNCc1ccncc1)N(C)C. The number of pyridine rings is 1. The summed E-state index contributed by atoms with van der Waals surface area (Å²) in [5.74, 6) is 0.768. The Kier molecular flexibility index (Phi) is 6.91. The van der Waals surface area contributed by atoms with Crippen LogP contribution in [0.4, 0.5) is 0 Å². The average Bonchev–Trinajstić information content (AvgIpc) is 2.39. The lowest BCUT2D eigenvalue weighted by atomic mass is 9.93. The fourth-order valence-corrected chi connectivity index (χ4v) is 2.47. The van der Waals surface area contributed by atoms with Crippen molar-refractivity contribution < 1.29 is 0 Å². The number of likely N-dealkylation sites (N-methyl/N-ethyl adjacent to an activating group) is 1. The minimum absolute atomic E-state index is 0.613. The topological polar surface area (TPSA) is 28.2 Å². The van der Waals surface area contributed by atoms with Crippen LogP contribution < -0.4 is 5.32 Å². The molecular weight excluding hydrogens is 222 g/mol. The maximum Gasteiger partial charge on any atom is 0.0271 e. The average molecular weight is 249 g/mol. The first-order valence-corrected chi connectivity index (χ1v) is 6.95. The zero-order chi connectivity index (χ0) is 13.4. The van der Waals surface area contributed by atoms with Crippen molar-refractivity contribution in [2.45, 2.75) is 39.3 Å². The zero-order valence-corrected chi connectivity index (χ0v) is 12.2. The first-order chi connectivity index (χ1) is 8.69. The maximum absolute atomic E-state index is 4.04. The van der Waals surface area contributed by atoms with Crippen LogP contribution in [-0.4, -0.2) is 36.6 Å². The minimum Gasteiger partial charge on any atom is -0.311 e. The second-order valence-electron chi connectivity index (χ2n) is 5.09. The first-order valence-electron chi connectivity index (χ1n) is 6.95. The molecule has 1 atom stereocenters. The smallest absolute Gasteiger partial charge is 0.0271 e. The molecule has 0 aliphatic rings. The molecule has 0 saturated heterocycles. The van der Waals surface area contributed by atoms with Crippen molar-refractivity contribution >= 4 is 0 Å². The normalized spacial score (nSPS) is 13.2. The van der Waals surface area contributed by atoms with Crippen molar-refractivity contribution in [2.75, 3.05) is 20.6 Å². The Morgan fingerprint density at radius 2 is 1.78 bits per heavy atom. The lowest BCUT2D eigenvalue weighted by Crippen LogP contribution is -2.42. The van der Waals surface area contributed by atoms with E-state index in [2.05, 4.69) is 55.3 Å². The zero-order valence-electron chi connectivity index (χ0n) is 12.2. The Hall–Kier alpha value is -0.930. The van der Waals surface area contributed by atoms with Crippen LogP contribution in [-0.2, 0) is 6.54 Å². The Balaban J connectivity index is 2.43. The van der Waals surface area contributed by atoms with E-state index in [4.69, 9.17) is 0 Å². The highest BCUT2D eigenvalue weighted by atomic mass is 15.1. The summed E-state index contributed by atoms with van der Waals surface area (Å²) in [4.78, 5) is 6.38. The van der Waals surface area contributed by atoms with Crippen LogP contribution in [0.5, 0.6) is 0 Å². The molecule has 0 aliphatic heterocycles. The van der Waals surface area contributed by atoms with Crippen LogP contribution in [0, 0.1) is 5.92 Å². The second kappa shape index (κ2) is 8.22. The molecular formula is C15H27N3. The lowest BCUT2D eigenvalue weighted by Gasteiger charge is -2.31. The van der Waals surface area contributed by atoms with Gasteiger partial charge in [0.2, 0.25) is 0 Å². The van der Waals surface area contributed by atoms with Crippen LogP contribution in [0.15, 0.2) is 24.5 Å². The number of rotatable bonds is 8. The van der Waals surface area contributed by atoms with Gasteiger partial charge < -0.3 is 10.2 Å². The van der Waals surface area contributed by atoms with Gasteiger partial charge in [-0.15, -0.1) is 0 Å². The van der Waals surface area contributed by atoms with Gasteiger partial charge in [0.05, 0.1) is 0 Å². The van der Waals surface area contributed by atoms with E-state index in [-0.39, 0.29) is 0 Å². The molecule has 1 aromatic rings. The van der Waals surface area contributed by atoms with Crippen molar-refractivity contribution in [1.29, 1.82) is 0 Å². The van der Waals surface area contributed by atoms with Crippen LogP contribution in [0.3, 0.4) is 0 Å². The van der Waals surface area contributed by atoms with E-state index in [1.165, 1.54) is 18.4 Å². The summed E-state index contributed by atoms with van der Waals surface area (Å²) in [6.07, 6.45) is 6.19. The number of hydrogen-bond acceptors (Lipinski definition) is 3. The molecule has 0 aliphatic carbocycles. The molecule has 0 saturated carbocycles. The van der Waals surface area contributed by atoms with Crippen molar-refractivity contribution in [2.24, 2.45) is 5.92 Å². The van der Waals surface area contributed by atoms with E-state index in [9.17, 15) is 0 Å². The number of nitrogens with zero attached hydrogens (tertiary/aromatic N) is 2. The van der Waals surface area contributed by atoms with Crippen LogP contribution in [0.25, 0.3) is 0 Å². The quantitative estimate of drug-likeness (QED) is 0.767. The third-order valence-electron chi connectivity index (χ3n) is 3.69. The third kappa shape index (κ3) is 4.75. The fourth-order valence-electron chi connectivity index (χ4n) is 2.47. The summed E-state index contributed by atoms with van der Waals surface area (Å²) >= 11 is 0. The predicted octanol–water partition coefficient (Wildman–Crippen LogP) is 2.54. The molecule has 1 N–H and O–H groups in total. The Labute approximate surface area is 112 Å². The van der Waals surface area contributed by atoms with E-state index in [1.807, 2.05) is 12.4 Å². The Morgan fingerprint density at radius 3 is 2.28 bits per heavy atom. The van der Waals surface area contributed by atoms with E-state index in [0.29, 0.717) is 6.04 Å². The largest absolute Gasteiger partial charge is 0.311 e. The van der Waals surface area contributed by atoms with E-state index in [0.717, 1.165) is 19.0 Å². The predicted molar refractivity (Wildman–Crippen MR) is 77.5 cm³/mol. The molecule has 0 fully saturated rings. The summed E-state index contributed by atoms with van der Waals surface area (Å²) in [6.45, 7) is 6.54. The maximum atomic E-state index is 4.04. The van der Waals surface area contributed by atoms with Crippen LogP contribution in [0.2, 0.25) is 0 Å². The van der Waals surface area contributed by atoms with E-state index < -0.39 is 0 Å². The van der Waals surface area contributed by atoms with Gasteiger partial charge in [0.25, 0.3) is 0 Å². The summed E-state index contributed by atoms with van der Waals surface area (Å²) in [7, 11) is 4.36. The molecule has 3 nitrogen and oxygen atoms in total. The van der Waals surface area contributed by atoms with Crippen molar-refractivity contribution in [3.63, 3.8) is 0 Å². The highest BCUT2D eigenvalue weighted by molar-refractivity contribution is 5.09. The van der Waals surface area contributed by atoms with Gasteiger partial charge in [-0.2, -0.15) is 0 Å². The summed E-state index contributed by atoms with van der Waals surface area (Å²) in [6, 6.07) is 4.74. The highest BCUT2D eigenvalue weighted by Gasteiger charge is 2.19. The van der Waals surface area contributed by atoms with Gasteiger partial charge in [0.1, 0.15) is 0 Å². The monoisotopic (exact) mass is 249 g/mol.